The Hall–Kier alpha value is 2.00. The first-order valence-electron chi connectivity index (χ1n) is 0. The molecular formula is H8Al2CaO8. The molecule has 11 heteroatoms. The van der Waals surface area contributed by atoms with Crippen LogP contribution >= 0.6 is 0 Å². The second-order valence-electron chi connectivity index (χ2n) is 0. The molecule has 0 aromatic rings. The molecular weight excluding hydrogens is 222 g/mol. The van der Waals surface area contributed by atoms with E-state index in [2.05, 4.69) is 0 Å². The van der Waals surface area contributed by atoms with Crippen molar-refractivity contribution in [1.82, 2.24) is 0 Å². The molecule has 0 radical (unpaired) electrons. The molecule has 0 atom stereocenters. The normalized spacial score (nSPS) is 0. The first-order chi connectivity index (χ1) is 0. The summed E-state index contributed by atoms with van der Waals surface area (Å²) in [6.07, 6.45) is 0. The Kier molecular flexibility index (Phi) is 15300. The van der Waals surface area contributed by atoms with Crippen LogP contribution in [0, 0.1) is 0 Å². The Balaban J connectivity index is 0. The van der Waals surface area contributed by atoms with Crippen LogP contribution < -0.4 is 0 Å². The number of hydrogen-bond donors (Lipinski definition) is 0. The molecule has 0 spiro atoms. The summed E-state index contributed by atoms with van der Waals surface area (Å²) in [5.41, 5.74) is 0. The quantitative estimate of drug-likeness (QED) is 0.399. The van der Waals surface area contributed by atoms with Gasteiger partial charge >= 0.3 is 72.5 Å². The molecule has 0 aliphatic heterocycles. The molecule has 0 aliphatic carbocycles. The van der Waals surface area contributed by atoms with Gasteiger partial charge in [0.15, 0.2) is 0 Å². The summed E-state index contributed by atoms with van der Waals surface area (Å²) in [4.78, 5) is 0. The molecule has 0 bridgehead atoms. The minimum Gasteiger partial charge on any atom is -0.870 e. The predicted molar refractivity (Wildman–Crippen MR) is 32.7 cm³/mol. The minimum absolute atomic E-state index is 0. The molecule has 0 aromatic carbocycles. The van der Waals surface area contributed by atoms with Crippen molar-refractivity contribution >= 4 is 72.5 Å². The van der Waals surface area contributed by atoms with E-state index < -0.39 is 0 Å². The van der Waals surface area contributed by atoms with Gasteiger partial charge in [-0.1, -0.05) is 0 Å². The summed E-state index contributed by atoms with van der Waals surface area (Å²) < 4.78 is 0. The van der Waals surface area contributed by atoms with Gasteiger partial charge in [0.05, 0.1) is 0 Å². The molecule has 0 aliphatic rings. The van der Waals surface area contributed by atoms with Gasteiger partial charge in [-0.3, -0.25) is 0 Å². The van der Waals surface area contributed by atoms with Crippen LogP contribution in [-0.2, 0) is 0 Å². The number of hydrogen-bond acceptors (Lipinski definition) is 8. The summed E-state index contributed by atoms with van der Waals surface area (Å²) in [5.74, 6) is 0. The topological polar surface area (TPSA) is 240 Å². The van der Waals surface area contributed by atoms with Crippen molar-refractivity contribution in [3.05, 3.63) is 0 Å². The second kappa shape index (κ2) is 362. The third-order valence-electron chi connectivity index (χ3n) is 0. The SMILES string of the molecule is [Al+3].[Al+3].[Ca+2].[OH-].[OH-].[OH-].[OH-].[OH-].[OH-].[OH-].[OH-]. The van der Waals surface area contributed by atoms with Gasteiger partial charge in [-0.2, -0.15) is 0 Å². The fourth-order valence-corrected chi connectivity index (χ4v) is 0. The molecule has 0 saturated carbocycles. The van der Waals surface area contributed by atoms with Gasteiger partial charge in [0.1, 0.15) is 0 Å². The maximum Gasteiger partial charge on any atom is 3.00 e. The largest absolute Gasteiger partial charge is 3.00 e. The average Bonchev–Trinajstić information content (AvgIpc) is 0. The molecule has 8 N–H and O–H groups in total. The van der Waals surface area contributed by atoms with Crippen LogP contribution in [0.15, 0.2) is 0 Å². The van der Waals surface area contributed by atoms with Crippen LogP contribution in [0.3, 0.4) is 0 Å². The van der Waals surface area contributed by atoms with E-state index >= 15 is 0 Å². The Morgan fingerprint density at radius 1 is 0.273 bits per heavy atom. The summed E-state index contributed by atoms with van der Waals surface area (Å²) in [5, 5.41) is 0. The van der Waals surface area contributed by atoms with Crippen molar-refractivity contribution in [3.8, 4) is 0 Å². The van der Waals surface area contributed by atoms with Crippen LogP contribution in [0.2, 0.25) is 0 Å². The molecule has 0 unspecified atom stereocenters. The van der Waals surface area contributed by atoms with Crippen molar-refractivity contribution in [2.45, 2.75) is 0 Å². The van der Waals surface area contributed by atoms with Crippen molar-refractivity contribution in [3.63, 3.8) is 0 Å². The van der Waals surface area contributed by atoms with Crippen molar-refractivity contribution < 1.29 is 43.8 Å². The summed E-state index contributed by atoms with van der Waals surface area (Å²) >= 11 is 0. The van der Waals surface area contributed by atoms with E-state index in [9.17, 15) is 0 Å². The molecule has 0 aromatic heterocycles. The van der Waals surface area contributed by atoms with E-state index in [0.29, 0.717) is 0 Å². The summed E-state index contributed by atoms with van der Waals surface area (Å²) in [6.45, 7) is 0. The summed E-state index contributed by atoms with van der Waals surface area (Å²) in [6, 6.07) is 0. The molecule has 64 valence electrons. The Morgan fingerprint density at radius 3 is 0.273 bits per heavy atom. The van der Waals surface area contributed by atoms with Crippen molar-refractivity contribution in [1.29, 1.82) is 0 Å². The third kappa shape index (κ3) is 299. The standard InChI is InChI=1S/2Al.Ca.8H2O/h;;;8*1H2/q2*+3;+2;;;;;;;;/p-8. The first kappa shape index (κ1) is 466. The van der Waals surface area contributed by atoms with Gasteiger partial charge in [-0.15, -0.1) is 0 Å². The molecule has 0 saturated heterocycles. The maximum absolute atomic E-state index is 0. The molecule has 0 rings (SSSR count). The van der Waals surface area contributed by atoms with Crippen molar-refractivity contribution in [2.75, 3.05) is 0 Å². The number of rotatable bonds is 0. The minimum atomic E-state index is 0. The zero-order valence-corrected chi connectivity index (χ0v) is 9.96. The third-order valence-corrected chi connectivity index (χ3v) is 0. The van der Waals surface area contributed by atoms with Gasteiger partial charge < -0.3 is 43.8 Å². The van der Waals surface area contributed by atoms with E-state index in [-0.39, 0.29) is 116 Å². The summed E-state index contributed by atoms with van der Waals surface area (Å²) in [7, 11) is 0. The molecule has 11 heavy (non-hydrogen) atoms. The Labute approximate surface area is 115 Å². The fraction of sp³-hybridized carbons (Fsp3) is 0. The average molecular weight is 230 g/mol. The monoisotopic (exact) mass is 230 g/mol. The van der Waals surface area contributed by atoms with Crippen LogP contribution in [-0.4, -0.2) is 116 Å². The Morgan fingerprint density at radius 2 is 0.273 bits per heavy atom. The zero-order valence-electron chi connectivity index (χ0n) is 5.44. The fourth-order valence-electron chi connectivity index (χ4n) is 0. The molecule has 0 amide bonds. The van der Waals surface area contributed by atoms with Crippen LogP contribution in [0.1, 0.15) is 0 Å². The first-order valence-corrected chi connectivity index (χ1v) is 0. The van der Waals surface area contributed by atoms with Gasteiger partial charge in [0.25, 0.3) is 0 Å². The van der Waals surface area contributed by atoms with Crippen molar-refractivity contribution in [2.24, 2.45) is 0 Å². The molecule has 0 heterocycles. The molecule has 0 fully saturated rings. The molecule has 8 nitrogen and oxygen atoms in total. The van der Waals surface area contributed by atoms with E-state index in [1.807, 2.05) is 0 Å². The van der Waals surface area contributed by atoms with Gasteiger partial charge in [-0.25, -0.2) is 0 Å². The smallest absolute Gasteiger partial charge is 0.870 e. The Bertz CT molecular complexity index is 12.1. The predicted octanol–water partition coefficient (Wildman–Crippen LogP) is -2.56. The van der Waals surface area contributed by atoms with E-state index in [1.165, 1.54) is 0 Å². The van der Waals surface area contributed by atoms with Gasteiger partial charge in [-0.05, 0) is 0 Å². The van der Waals surface area contributed by atoms with E-state index in [4.69, 9.17) is 0 Å². The van der Waals surface area contributed by atoms with E-state index in [1.54, 1.807) is 0 Å². The van der Waals surface area contributed by atoms with E-state index in [0.717, 1.165) is 0 Å². The van der Waals surface area contributed by atoms with Crippen LogP contribution in [0.25, 0.3) is 0 Å². The van der Waals surface area contributed by atoms with Gasteiger partial charge in [0.2, 0.25) is 0 Å². The van der Waals surface area contributed by atoms with Crippen LogP contribution in [0.4, 0.5) is 0 Å². The zero-order chi connectivity index (χ0) is 0. The van der Waals surface area contributed by atoms with Crippen LogP contribution in [0.5, 0.6) is 0 Å². The second-order valence-corrected chi connectivity index (χ2v) is 0. The maximum atomic E-state index is 0. The van der Waals surface area contributed by atoms with Gasteiger partial charge in [0, 0.05) is 0 Å².